The van der Waals surface area contributed by atoms with E-state index in [2.05, 4.69) is 24.1 Å². The largest absolute Gasteiger partial charge is 0.471 e. The Balaban J connectivity index is 1.74. The minimum atomic E-state index is -4.78. The third-order valence-corrected chi connectivity index (χ3v) is 4.99. The minimum Gasteiger partial charge on any atom is -0.435 e. The lowest BCUT2D eigenvalue weighted by Gasteiger charge is -2.10. The van der Waals surface area contributed by atoms with E-state index in [1.807, 2.05) is 0 Å². The number of hydrogen-bond donors (Lipinski definition) is 1. The van der Waals surface area contributed by atoms with E-state index in [4.69, 9.17) is 0 Å². The molecule has 0 unspecified atom stereocenters. The molecule has 0 aliphatic heterocycles. The van der Waals surface area contributed by atoms with E-state index in [0.717, 1.165) is 6.08 Å². The van der Waals surface area contributed by atoms with Crippen molar-refractivity contribution in [2.24, 2.45) is 0 Å². The van der Waals surface area contributed by atoms with Crippen molar-refractivity contribution in [3.05, 3.63) is 65.8 Å². The topological polar surface area (TPSA) is 94.3 Å². The molecule has 31 heavy (non-hydrogen) atoms. The van der Waals surface area contributed by atoms with Crippen LogP contribution in [0.1, 0.15) is 17.3 Å². The van der Waals surface area contributed by atoms with Crippen molar-refractivity contribution in [1.29, 1.82) is 0 Å². The maximum Gasteiger partial charge on any atom is 0.471 e. The zero-order chi connectivity index (χ0) is 22.6. The van der Waals surface area contributed by atoms with Crippen molar-refractivity contribution in [1.82, 2.24) is 10.1 Å². The molecule has 1 heterocycles. The summed E-state index contributed by atoms with van der Waals surface area (Å²) in [6.07, 6.45) is -2.34. The predicted molar refractivity (Wildman–Crippen MR) is 98.6 cm³/mol. The van der Waals surface area contributed by atoms with Gasteiger partial charge >= 0.3 is 18.7 Å². The first-order valence-corrected chi connectivity index (χ1v) is 9.78. The lowest BCUT2D eigenvalue weighted by molar-refractivity contribution is -0.159. The van der Waals surface area contributed by atoms with Crippen LogP contribution in [0.5, 0.6) is 5.75 Å². The van der Waals surface area contributed by atoms with Gasteiger partial charge in [0.25, 0.3) is 10.0 Å². The average molecular weight is 461 g/mol. The second-order valence-electron chi connectivity index (χ2n) is 5.87. The molecule has 3 aromatic rings. The average Bonchev–Trinajstić information content (AvgIpc) is 3.17. The van der Waals surface area contributed by atoms with Crippen molar-refractivity contribution in [3.63, 3.8) is 0 Å². The smallest absolute Gasteiger partial charge is 0.435 e. The van der Waals surface area contributed by atoms with Crippen LogP contribution in [0.25, 0.3) is 12.2 Å². The van der Waals surface area contributed by atoms with Gasteiger partial charge in [-0.15, -0.1) is 0 Å². The summed E-state index contributed by atoms with van der Waals surface area (Å²) in [5.41, 5.74) is 0.441. The Kier molecular flexibility index (Phi) is 6.24. The number of halogens is 5. The van der Waals surface area contributed by atoms with Gasteiger partial charge in [-0.1, -0.05) is 23.4 Å². The van der Waals surface area contributed by atoms with Crippen LogP contribution in [0.15, 0.2) is 57.9 Å². The van der Waals surface area contributed by atoms with Crippen molar-refractivity contribution >= 4 is 27.9 Å². The molecule has 0 fully saturated rings. The second kappa shape index (κ2) is 8.71. The number of rotatable bonds is 7. The summed E-state index contributed by atoms with van der Waals surface area (Å²) in [6, 6.07) is 10.3. The fourth-order valence-corrected chi connectivity index (χ4v) is 3.41. The van der Waals surface area contributed by atoms with Crippen LogP contribution >= 0.6 is 0 Å². The van der Waals surface area contributed by atoms with Gasteiger partial charge in [-0.2, -0.15) is 26.9 Å². The second-order valence-corrected chi connectivity index (χ2v) is 7.55. The van der Waals surface area contributed by atoms with Crippen molar-refractivity contribution in [3.8, 4) is 5.75 Å². The van der Waals surface area contributed by atoms with Crippen LogP contribution in [0.3, 0.4) is 0 Å². The van der Waals surface area contributed by atoms with E-state index in [0.29, 0.717) is 5.56 Å². The molecule has 0 bridgehead atoms. The zero-order valence-corrected chi connectivity index (χ0v) is 16.0. The van der Waals surface area contributed by atoms with E-state index >= 15 is 0 Å². The predicted octanol–water partition coefficient (Wildman–Crippen LogP) is 4.66. The Morgan fingerprint density at radius 1 is 1.06 bits per heavy atom. The van der Waals surface area contributed by atoms with E-state index in [-0.39, 0.29) is 22.2 Å². The minimum absolute atomic E-state index is 0.106. The number of alkyl halides is 5. The number of benzene rings is 2. The number of aromatic nitrogens is 2. The van der Waals surface area contributed by atoms with Gasteiger partial charge in [-0.25, -0.2) is 8.42 Å². The first kappa shape index (κ1) is 22.2. The highest BCUT2D eigenvalue weighted by Gasteiger charge is 2.38. The molecule has 7 nitrogen and oxygen atoms in total. The molecular formula is C18H12F5N3O4S. The Labute approximate surface area is 172 Å². The molecule has 13 heteroatoms. The molecule has 0 radical (unpaired) electrons. The van der Waals surface area contributed by atoms with E-state index in [1.54, 1.807) is 0 Å². The molecule has 0 amide bonds. The first-order valence-electron chi connectivity index (χ1n) is 8.30. The Hall–Kier alpha value is -3.48. The van der Waals surface area contributed by atoms with E-state index in [1.165, 1.54) is 54.6 Å². The van der Waals surface area contributed by atoms with E-state index < -0.39 is 28.7 Å². The van der Waals surface area contributed by atoms with E-state index in [9.17, 15) is 30.4 Å². The summed E-state index contributed by atoms with van der Waals surface area (Å²) in [5, 5.41) is 3.17. The van der Waals surface area contributed by atoms with Crippen LogP contribution in [0, 0.1) is 0 Å². The lowest BCUT2D eigenvalue weighted by Crippen LogP contribution is -2.13. The quantitative estimate of drug-likeness (QED) is 0.515. The SMILES string of the molecule is O=S(=O)(Nc1ccc(OC(F)F)cc1)c1cccc(/C=C/c2noc(C(F)(F)F)n2)c1. The normalized spacial score (nSPS) is 12.5. The molecule has 2 aromatic carbocycles. The van der Waals surface area contributed by atoms with Crippen molar-refractivity contribution in [2.45, 2.75) is 17.7 Å². The van der Waals surface area contributed by atoms with Gasteiger partial charge in [0, 0.05) is 5.69 Å². The Morgan fingerprint density at radius 2 is 1.77 bits per heavy atom. The molecule has 0 spiro atoms. The van der Waals surface area contributed by atoms with Gasteiger partial charge in [-0.05, 0) is 48.0 Å². The summed E-state index contributed by atoms with van der Waals surface area (Å²) >= 11 is 0. The summed E-state index contributed by atoms with van der Waals surface area (Å²) < 4.78 is 97.4. The number of ether oxygens (including phenoxy) is 1. The van der Waals surface area contributed by atoms with Gasteiger partial charge in [0.1, 0.15) is 5.75 Å². The maximum atomic E-state index is 12.6. The van der Waals surface area contributed by atoms with Gasteiger partial charge in [0.05, 0.1) is 4.90 Å². The van der Waals surface area contributed by atoms with Gasteiger partial charge in [0.15, 0.2) is 5.82 Å². The molecular weight excluding hydrogens is 449 g/mol. The summed E-state index contributed by atoms with van der Waals surface area (Å²) in [7, 11) is -4.04. The van der Waals surface area contributed by atoms with Gasteiger partial charge in [-0.3, -0.25) is 4.72 Å². The molecule has 0 atom stereocenters. The fourth-order valence-electron chi connectivity index (χ4n) is 2.29. The highest BCUT2D eigenvalue weighted by molar-refractivity contribution is 7.92. The molecule has 0 aliphatic rings. The third-order valence-electron chi connectivity index (χ3n) is 3.61. The zero-order valence-electron chi connectivity index (χ0n) is 15.2. The Morgan fingerprint density at radius 3 is 2.39 bits per heavy atom. The molecule has 1 N–H and O–H groups in total. The molecule has 0 saturated heterocycles. The van der Waals surface area contributed by atoms with Crippen molar-refractivity contribution < 1.29 is 39.6 Å². The number of anilines is 1. The molecule has 1 aromatic heterocycles. The van der Waals surface area contributed by atoms with Crippen LogP contribution in [0.2, 0.25) is 0 Å². The Bertz CT molecular complexity index is 1180. The van der Waals surface area contributed by atoms with Gasteiger partial charge in [0.2, 0.25) is 0 Å². The standard InChI is InChI=1S/C18H12F5N3O4S/c19-17(20)29-13-7-5-12(6-8-13)26-31(27,28)14-3-1-2-11(10-14)4-9-15-24-16(30-25-15)18(21,22)23/h1-10,17,26H/b9-4+. The number of nitrogens with one attached hydrogen (secondary N) is 1. The van der Waals surface area contributed by atoms with Crippen LogP contribution in [-0.2, 0) is 16.2 Å². The summed E-state index contributed by atoms with van der Waals surface area (Å²) in [4.78, 5) is 3.02. The van der Waals surface area contributed by atoms with Crippen LogP contribution in [-0.4, -0.2) is 25.2 Å². The highest BCUT2D eigenvalue weighted by atomic mass is 32.2. The van der Waals surface area contributed by atoms with Crippen LogP contribution in [0.4, 0.5) is 27.6 Å². The van der Waals surface area contributed by atoms with Gasteiger partial charge < -0.3 is 9.26 Å². The van der Waals surface area contributed by atoms with Crippen molar-refractivity contribution in [2.75, 3.05) is 4.72 Å². The number of hydrogen-bond acceptors (Lipinski definition) is 6. The maximum absolute atomic E-state index is 12.6. The monoisotopic (exact) mass is 461 g/mol. The summed E-state index contributed by atoms with van der Waals surface area (Å²) in [6.45, 7) is -3.01. The van der Waals surface area contributed by atoms with Crippen LogP contribution < -0.4 is 9.46 Å². The lowest BCUT2D eigenvalue weighted by atomic mass is 10.2. The molecule has 3 rings (SSSR count). The number of nitrogens with zero attached hydrogens (tertiary/aromatic N) is 2. The first-order chi connectivity index (χ1) is 14.5. The number of sulfonamides is 1. The fraction of sp³-hybridized carbons (Fsp3) is 0.111. The highest BCUT2D eigenvalue weighted by Crippen LogP contribution is 2.27. The molecule has 0 saturated carbocycles. The molecule has 164 valence electrons. The summed E-state index contributed by atoms with van der Waals surface area (Å²) in [5.74, 6) is -1.98. The third kappa shape index (κ3) is 6.01. The molecule has 0 aliphatic carbocycles.